The van der Waals surface area contributed by atoms with E-state index in [9.17, 15) is 5.11 Å². The zero-order chi connectivity index (χ0) is 13.0. The second-order valence-electron chi connectivity index (χ2n) is 6.47. The molecule has 2 fully saturated rings. The van der Waals surface area contributed by atoms with Crippen LogP contribution in [0.15, 0.2) is 0 Å². The monoisotopic (exact) mass is 254 g/mol. The number of hydrogen-bond acceptors (Lipinski definition) is 3. The molecule has 0 amide bonds. The minimum absolute atomic E-state index is 0.332. The maximum Gasteiger partial charge on any atom is 0.0589 e. The summed E-state index contributed by atoms with van der Waals surface area (Å²) < 4.78 is 0. The van der Waals surface area contributed by atoms with E-state index in [0.717, 1.165) is 13.1 Å². The van der Waals surface area contributed by atoms with Gasteiger partial charge in [-0.2, -0.15) is 0 Å². The Hall–Kier alpha value is -0.120. The second kappa shape index (κ2) is 6.36. The van der Waals surface area contributed by atoms with Crippen molar-refractivity contribution in [2.75, 3.05) is 32.8 Å². The highest BCUT2D eigenvalue weighted by Crippen LogP contribution is 2.40. The first kappa shape index (κ1) is 14.3. The maximum atomic E-state index is 9.58. The fraction of sp³-hybridized carbons (Fsp3) is 1.00. The predicted molar refractivity (Wildman–Crippen MR) is 75.7 cm³/mol. The van der Waals surface area contributed by atoms with Crippen molar-refractivity contribution in [2.45, 2.75) is 52.0 Å². The summed E-state index contributed by atoms with van der Waals surface area (Å²) >= 11 is 0. The van der Waals surface area contributed by atoms with Gasteiger partial charge in [-0.25, -0.2) is 0 Å². The van der Waals surface area contributed by atoms with Crippen LogP contribution in [0.2, 0.25) is 0 Å². The number of aliphatic hydroxyl groups excluding tert-OH is 1. The molecule has 2 aliphatic rings. The number of aliphatic hydroxyl groups is 1. The molecule has 0 radical (unpaired) electrons. The summed E-state index contributed by atoms with van der Waals surface area (Å²) in [6.07, 6.45) is 6.76. The molecule has 1 aliphatic heterocycles. The Bertz CT molecular complexity index is 251. The summed E-state index contributed by atoms with van der Waals surface area (Å²) in [7, 11) is 0. The number of hydrogen-bond donors (Lipinski definition) is 2. The molecule has 2 rings (SSSR count). The first-order valence-electron chi connectivity index (χ1n) is 7.76. The normalized spacial score (nSPS) is 32.2. The van der Waals surface area contributed by atoms with Gasteiger partial charge >= 0.3 is 0 Å². The molecule has 1 saturated heterocycles. The van der Waals surface area contributed by atoms with Crippen LogP contribution < -0.4 is 5.32 Å². The molecule has 3 heteroatoms. The van der Waals surface area contributed by atoms with E-state index in [4.69, 9.17) is 0 Å². The molecule has 3 nitrogen and oxygen atoms in total. The van der Waals surface area contributed by atoms with E-state index >= 15 is 0 Å². The van der Waals surface area contributed by atoms with Gasteiger partial charge in [0, 0.05) is 19.1 Å². The lowest BCUT2D eigenvalue weighted by molar-refractivity contribution is 0.0903. The van der Waals surface area contributed by atoms with Crippen molar-refractivity contribution in [1.82, 2.24) is 10.2 Å². The van der Waals surface area contributed by atoms with Crippen molar-refractivity contribution < 1.29 is 5.11 Å². The molecule has 1 saturated carbocycles. The number of rotatable bonds is 6. The third-order valence-corrected chi connectivity index (χ3v) is 5.14. The summed E-state index contributed by atoms with van der Waals surface area (Å²) in [4.78, 5) is 2.56. The quantitative estimate of drug-likeness (QED) is 0.759. The molecule has 2 N–H and O–H groups in total. The van der Waals surface area contributed by atoms with Crippen LogP contribution in [0.1, 0.15) is 46.0 Å². The lowest BCUT2D eigenvalue weighted by atomic mass is 9.85. The standard InChI is InChI=1S/C15H30N2O/c1-3-16-11-15(7-4-5-8-15)12-17-9-6-13(2)14(17)10-18/h13-14,16,18H,3-12H2,1-2H3. The van der Waals surface area contributed by atoms with E-state index in [-0.39, 0.29) is 0 Å². The fourth-order valence-electron chi connectivity index (χ4n) is 3.92. The number of nitrogens with zero attached hydrogens (tertiary/aromatic N) is 1. The Balaban J connectivity index is 1.96. The maximum absolute atomic E-state index is 9.58. The van der Waals surface area contributed by atoms with Crippen molar-refractivity contribution in [3.05, 3.63) is 0 Å². The van der Waals surface area contributed by atoms with Crippen LogP contribution >= 0.6 is 0 Å². The summed E-state index contributed by atoms with van der Waals surface area (Å²) in [6.45, 7) is 9.41. The van der Waals surface area contributed by atoms with E-state index in [0.29, 0.717) is 24.0 Å². The Morgan fingerprint density at radius 2 is 2.06 bits per heavy atom. The van der Waals surface area contributed by atoms with Crippen LogP contribution in [0.25, 0.3) is 0 Å². The van der Waals surface area contributed by atoms with Crippen LogP contribution in [0.3, 0.4) is 0 Å². The molecule has 0 spiro atoms. The molecular formula is C15H30N2O. The average Bonchev–Trinajstić information content (AvgIpc) is 2.96. The van der Waals surface area contributed by atoms with Gasteiger partial charge in [0.15, 0.2) is 0 Å². The molecule has 2 unspecified atom stereocenters. The lowest BCUT2D eigenvalue weighted by Crippen LogP contribution is -2.46. The predicted octanol–water partition coefficient (Wildman–Crippen LogP) is 1.86. The van der Waals surface area contributed by atoms with Crippen LogP contribution in [0.5, 0.6) is 0 Å². The van der Waals surface area contributed by atoms with E-state index < -0.39 is 0 Å². The second-order valence-corrected chi connectivity index (χ2v) is 6.47. The highest BCUT2D eigenvalue weighted by atomic mass is 16.3. The van der Waals surface area contributed by atoms with Gasteiger partial charge < -0.3 is 10.4 Å². The number of nitrogens with one attached hydrogen (secondary N) is 1. The Labute approximate surface area is 112 Å². The first-order chi connectivity index (χ1) is 8.71. The minimum Gasteiger partial charge on any atom is -0.395 e. The SMILES string of the molecule is CCNCC1(CN2CCC(C)C2CO)CCCC1. The van der Waals surface area contributed by atoms with E-state index in [1.807, 2.05) is 0 Å². The van der Waals surface area contributed by atoms with Crippen molar-refractivity contribution >= 4 is 0 Å². The van der Waals surface area contributed by atoms with Crippen molar-refractivity contribution in [2.24, 2.45) is 11.3 Å². The molecule has 1 aliphatic carbocycles. The average molecular weight is 254 g/mol. The van der Waals surface area contributed by atoms with Crippen LogP contribution in [0.4, 0.5) is 0 Å². The summed E-state index contributed by atoms with van der Waals surface area (Å²) in [6, 6.07) is 0.407. The lowest BCUT2D eigenvalue weighted by Gasteiger charge is -2.36. The van der Waals surface area contributed by atoms with Gasteiger partial charge in [0.05, 0.1) is 6.61 Å². The molecule has 2 atom stereocenters. The third kappa shape index (κ3) is 3.06. The van der Waals surface area contributed by atoms with Crippen molar-refractivity contribution in [3.63, 3.8) is 0 Å². The molecule has 1 heterocycles. The van der Waals surface area contributed by atoms with Crippen LogP contribution in [-0.2, 0) is 0 Å². The largest absolute Gasteiger partial charge is 0.395 e. The highest BCUT2D eigenvalue weighted by molar-refractivity contribution is 4.94. The van der Waals surface area contributed by atoms with Gasteiger partial charge in [-0.1, -0.05) is 26.7 Å². The number of likely N-dealkylation sites (tertiary alicyclic amines) is 1. The molecule has 0 aromatic carbocycles. The van der Waals surface area contributed by atoms with Gasteiger partial charge in [-0.3, -0.25) is 4.90 Å². The van der Waals surface area contributed by atoms with E-state index in [1.54, 1.807) is 0 Å². The van der Waals surface area contributed by atoms with Gasteiger partial charge in [0.2, 0.25) is 0 Å². The molecule has 106 valence electrons. The van der Waals surface area contributed by atoms with Gasteiger partial charge in [-0.15, -0.1) is 0 Å². The molecule has 18 heavy (non-hydrogen) atoms. The molecule has 0 bridgehead atoms. The molecule has 0 aromatic heterocycles. The summed E-state index contributed by atoms with van der Waals surface area (Å²) in [5.74, 6) is 0.660. The molecular weight excluding hydrogens is 224 g/mol. The first-order valence-corrected chi connectivity index (χ1v) is 7.76. The summed E-state index contributed by atoms with van der Waals surface area (Å²) in [5.41, 5.74) is 0.480. The smallest absolute Gasteiger partial charge is 0.0589 e. The van der Waals surface area contributed by atoms with E-state index in [1.165, 1.54) is 45.2 Å². The zero-order valence-electron chi connectivity index (χ0n) is 12.1. The Morgan fingerprint density at radius 1 is 1.33 bits per heavy atom. The Morgan fingerprint density at radius 3 is 2.67 bits per heavy atom. The van der Waals surface area contributed by atoms with Gasteiger partial charge in [-0.05, 0) is 43.7 Å². The Kier molecular flexibility index (Phi) is 5.05. The molecule has 0 aromatic rings. The van der Waals surface area contributed by atoms with Gasteiger partial charge in [0.25, 0.3) is 0 Å². The zero-order valence-corrected chi connectivity index (χ0v) is 12.1. The minimum atomic E-state index is 0.332. The van der Waals surface area contributed by atoms with E-state index in [2.05, 4.69) is 24.1 Å². The highest BCUT2D eigenvalue weighted by Gasteiger charge is 2.39. The van der Waals surface area contributed by atoms with Crippen LogP contribution in [0, 0.1) is 11.3 Å². The summed E-state index contributed by atoms with van der Waals surface area (Å²) in [5, 5.41) is 13.1. The van der Waals surface area contributed by atoms with Crippen molar-refractivity contribution in [1.29, 1.82) is 0 Å². The topological polar surface area (TPSA) is 35.5 Å². The third-order valence-electron chi connectivity index (χ3n) is 5.14. The van der Waals surface area contributed by atoms with Crippen LogP contribution in [-0.4, -0.2) is 48.8 Å². The fourth-order valence-corrected chi connectivity index (χ4v) is 3.92. The van der Waals surface area contributed by atoms with Gasteiger partial charge in [0.1, 0.15) is 0 Å². The van der Waals surface area contributed by atoms with Crippen molar-refractivity contribution in [3.8, 4) is 0 Å².